The molecule has 0 amide bonds. The van der Waals surface area contributed by atoms with Crippen molar-refractivity contribution in [2.45, 2.75) is 20.1 Å². The fraction of sp³-hybridized carbons (Fsp3) is 0.444. The lowest BCUT2D eigenvalue weighted by Crippen LogP contribution is -2.04. The normalized spacial score (nSPS) is 11.1. The summed E-state index contributed by atoms with van der Waals surface area (Å²) in [6, 6.07) is 0. The maximum atomic E-state index is 5.66. The Morgan fingerprint density at radius 2 is 2.33 bits per heavy atom. The van der Waals surface area contributed by atoms with Gasteiger partial charge in [-0.1, -0.05) is 6.92 Å². The van der Waals surface area contributed by atoms with Crippen molar-refractivity contribution in [1.82, 2.24) is 19.7 Å². The quantitative estimate of drug-likeness (QED) is 0.590. The van der Waals surface area contributed by atoms with E-state index in [0.717, 1.165) is 24.1 Å². The molecule has 2 aromatic rings. The Bertz CT molecular complexity index is 456. The molecule has 0 aliphatic carbocycles. The van der Waals surface area contributed by atoms with E-state index in [1.54, 1.807) is 17.1 Å². The van der Waals surface area contributed by atoms with Gasteiger partial charge in [-0.25, -0.2) is 14.6 Å². The summed E-state index contributed by atoms with van der Waals surface area (Å²) < 4.78 is 7.09. The SMILES string of the molecule is CCCOCn1ncc2nc(Cl)ncc21. The second-order valence-corrected chi connectivity index (χ2v) is 3.43. The van der Waals surface area contributed by atoms with Crippen LogP contribution in [-0.4, -0.2) is 26.4 Å². The molecule has 0 saturated heterocycles. The summed E-state index contributed by atoms with van der Waals surface area (Å²) in [5.41, 5.74) is 1.56. The molecule has 0 aliphatic heterocycles. The van der Waals surface area contributed by atoms with E-state index in [0.29, 0.717) is 6.73 Å². The van der Waals surface area contributed by atoms with E-state index >= 15 is 0 Å². The van der Waals surface area contributed by atoms with Crippen LogP contribution in [0, 0.1) is 0 Å². The topological polar surface area (TPSA) is 52.8 Å². The van der Waals surface area contributed by atoms with Gasteiger partial charge in [0.15, 0.2) is 0 Å². The lowest BCUT2D eigenvalue weighted by atomic mass is 10.5. The van der Waals surface area contributed by atoms with Crippen molar-refractivity contribution in [2.24, 2.45) is 0 Å². The van der Waals surface area contributed by atoms with E-state index in [9.17, 15) is 0 Å². The minimum absolute atomic E-state index is 0.233. The van der Waals surface area contributed by atoms with Gasteiger partial charge in [-0.15, -0.1) is 0 Å². The highest BCUT2D eigenvalue weighted by Gasteiger charge is 2.04. The van der Waals surface area contributed by atoms with Crippen molar-refractivity contribution in [2.75, 3.05) is 6.61 Å². The third-order valence-corrected chi connectivity index (χ3v) is 2.11. The van der Waals surface area contributed by atoms with Crippen LogP contribution in [0.25, 0.3) is 11.0 Å². The second kappa shape index (κ2) is 4.55. The largest absolute Gasteiger partial charge is 0.359 e. The van der Waals surface area contributed by atoms with E-state index in [1.165, 1.54) is 0 Å². The van der Waals surface area contributed by atoms with E-state index < -0.39 is 0 Å². The highest BCUT2D eigenvalue weighted by atomic mass is 35.5. The Morgan fingerprint density at radius 3 is 3.13 bits per heavy atom. The summed E-state index contributed by atoms with van der Waals surface area (Å²) in [6.45, 7) is 3.20. The van der Waals surface area contributed by atoms with Gasteiger partial charge in [-0.3, -0.25) is 0 Å². The first-order chi connectivity index (χ1) is 7.31. The van der Waals surface area contributed by atoms with Gasteiger partial charge in [0.1, 0.15) is 17.8 Å². The predicted molar refractivity (Wildman–Crippen MR) is 56.6 cm³/mol. The van der Waals surface area contributed by atoms with Gasteiger partial charge in [0.25, 0.3) is 0 Å². The average Bonchev–Trinajstić information content (AvgIpc) is 2.61. The number of fused-ring (bicyclic) bond motifs is 1. The highest BCUT2D eigenvalue weighted by Crippen LogP contribution is 2.12. The number of aromatic nitrogens is 4. The van der Waals surface area contributed by atoms with E-state index in [-0.39, 0.29) is 5.28 Å². The maximum absolute atomic E-state index is 5.66. The molecule has 0 aromatic carbocycles. The van der Waals surface area contributed by atoms with Crippen LogP contribution in [0.15, 0.2) is 12.4 Å². The zero-order chi connectivity index (χ0) is 10.7. The molecule has 6 heteroatoms. The van der Waals surface area contributed by atoms with E-state index in [4.69, 9.17) is 16.3 Å². The standard InChI is InChI=1S/C9H11ClN4O/c1-2-3-15-6-14-8-5-11-9(10)13-7(8)4-12-14/h4-5H,2-3,6H2,1H3. The highest BCUT2D eigenvalue weighted by molar-refractivity contribution is 6.28. The molecule has 0 bridgehead atoms. The molecule has 0 spiro atoms. The third kappa shape index (κ3) is 2.24. The fourth-order valence-electron chi connectivity index (χ4n) is 1.24. The number of nitrogens with zero attached hydrogens (tertiary/aromatic N) is 4. The van der Waals surface area contributed by atoms with Gasteiger partial charge in [-0.05, 0) is 18.0 Å². The molecular weight excluding hydrogens is 216 g/mol. The number of ether oxygens (including phenoxy) is 1. The molecule has 2 heterocycles. The van der Waals surface area contributed by atoms with Gasteiger partial charge in [0.2, 0.25) is 5.28 Å². The molecule has 0 aliphatic rings. The molecule has 80 valence electrons. The van der Waals surface area contributed by atoms with Gasteiger partial charge in [0, 0.05) is 6.61 Å². The van der Waals surface area contributed by atoms with E-state index in [1.807, 2.05) is 0 Å². The fourth-order valence-corrected chi connectivity index (χ4v) is 1.38. The smallest absolute Gasteiger partial charge is 0.223 e. The summed E-state index contributed by atoms with van der Waals surface area (Å²) in [7, 11) is 0. The van der Waals surface area contributed by atoms with Crippen LogP contribution in [0.3, 0.4) is 0 Å². The molecule has 15 heavy (non-hydrogen) atoms. The zero-order valence-electron chi connectivity index (χ0n) is 8.35. The maximum Gasteiger partial charge on any atom is 0.223 e. The Morgan fingerprint density at radius 1 is 1.47 bits per heavy atom. The second-order valence-electron chi connectivity index (χ2n) is 3.09. The Hall–Kier alpha value is -1.20. The van der Waals surface area contributed by atoms with Crippen LogP contribution in [0.2, 0.25) is 5.28 Å². The Labute approximate surface area is 92.0 Å². The van der Waals surface area contributed by atoms with Gasteiger partial charge in [0.05, 0.1) is 12.4 Å². The average molecular weight is 227 g/mol. The summed E-state index contributed by atoms with van der Waals surface area (Å²) in [5, 5.41) is 4.37. The first-order valence-corrected chi connectivity index (χ1v) is 5.11. The van der Waals surface area contributed by atoms with Crippen LogP contribution in [0.4, 0.5) is 0 Å². The van der Waals surface area contributed by atoms with Crippen molar-refractivity contribution >= 4 is 22.6 Å². The molecule has 2 rings (SSSR count). The van der Waals surface area contributed by atoms with E-state index in [2.05, 4.69) is 22.0 Å². The Balaban J connectivity index is 2.21. The summed E-state index contributed by atoms with van der Waals surface area (Å²) >= 11 is 5.66. The molecular formula is C9H11ClN4O. The van der Waals surface area contributed by atoms with Crippen molar-refractivity contribution in [1.29, 1.82) is 0 Å². The van der Waals surface area contributed by atoms with Crippen LogP contribution in [0.5, 0.6) is 0 Å². The molecule has 0 atom stereocenters. The monoisotopic (exact) mass is 226 g/mol. The van der Waals surface area contributed by atoms with Crippen molar-refractivity contribution < 1.29 is 4.74 Å². The third-order valence-electron chi connectivity index (χ3n) is 1.93. The first kappa shape index (κ1) is 10.3. The molecule has 0 saturated carbocycles. The molecule has 2 aromatic heterocycles. The van der Waals surface area contributed by atoms with Gasteiger partial charge >= 0.3 is 0 Å². The number of hydrogen-bond donors (Lipinski definition) is 0. The predicted octanol–water partition coefficient (Wildman–Crippen LogP) is 1.86. The van der Waals surface area contributed by atoms with Gasteiger partial charge < -0.3 is 4.74 Å². The summed E-state index contributed by atoms with van der Waals surface area (Å²) in [5.74, 6) is 0. The summed E-state index contributed by atoms with van der Waals surface area (Å²) in [6.07, 6.45) is 4.28. The minimum Gasteiger partial charge on any atom is -0.359 e. The van der Waals surface area contributed by atoms with Crippen LogP contribution < -0.4 is 0 Å². The van der Waals surface area contributed by atoms with Crippen molar-refractivity contribution in [3.8, 4) is 0 Å². The molecule has 0 radical (unpaired) electrons. The Kier molecular flexibility index (Phi) is 3.13. The first-order valence-electron chi connectivity index (χ1n) is 4.73. The number of halogens is 1. The number of hydrogen-bond acceptors (Lipinski definition) is 4. The lowest BCUT2D eigenvalue weighted by molar-refractivity contribution is 0.0723. The minimum atomic E-state index is 0.233. The lowest BCUT2D eigenvalue weighted by Gasteiger charge is -2.03. The molecule has 0 unspecified atom stereocenters. The molecule has 5 nitrogen and oxygen atoms in total. The van der Waals surface area contributed by atoms with Crippen molar-refractivity contribution in [3.63, 3.8) is 0 Å². The summed E-state index contributed by atoms with van der Waals surface area (Å²) in [4.78, 5) is 7.95. The van der Waals surface area contributed by atoms with Crippen LogP contribution in [-0.2, 0) is 11.5 Å². The van der Waals surface area contributed by atoms with Crippen LogP contribution >= 0.6 is 11.6 Å². The van der Waals surface area contributed by atoms with Gasteiger partial charge in [-0.2, -0.15) is 5.10 Å². The molecule has 0 N–H and O–H groups in total. The number of rotatable bonds is 4. The van der Waals surface area contributed by atoms with Crippen LogP contribution in [0.1, 0.15) is 13.3 Å². The molecule has 0 fully saturated rings. The van der Waals surface area contributed by atoms with Crippen molar-refractivity contribution in [3.05, 3.63) is 17.7 Å². The zero-order valence-corrected chi connectivity index (χ0v) is 9.11.